The molecule has 1 aliphatic rings. The lowest BCUT2D eigenvalue weighted by atomic mass is 9.93. The minimum absolute atomic E-state index is 0.317. The number of hydrogen-bond acceptors (Lipinski definition) is 3. The molecule has 2 aromatic rings. The first-order chi connectivity index (χ1) is 9.90. The van der Waals surface area contributed by atoms with Crippen LogP contribution in [0.5, 0.6) is 0 Å². The number of rotatable bonds is 1. The van der Waals surface area contributed by atoms with E-state index >= 15 is 0 Å². The Morgan fingerprint density at radius 1 is 1.19 bits per heavy atom. The van der Waals surface area contributed by atoms with Gasteiger partial charge in [-0.05, 0) is 30.2 Å². The normalized spacial score (nSPS) is 24.3. The maximum Gasteiger partial charge on any atom is 0.267 e. The molecule has 0 bridgehead atoms. The van der Waals surface area contributed by atoms with Crippen LogP contribution in [0, 0.1) is 6.92 Å². The summed E-state index contributed by atoms with van der Waals surface area (Å²) in [5, 5.41) is 0.317. The van der Waals surface area contributed by atoms with Gasteiger partial charge in [-0.1, -0.05) is 35.9 Å². The Hall–Kier alpha value is -1.72. The highest BCUT2D eigenvalue weighted by molar-refractivity contribution is 7.93. The number of aryl methyl sites for hydroxylation is 1. The van der Waals surface area contributed by atoms with Crippen molar-refractivity contribution in [3.63, 3.8) is 0 Å². The van der Waals surface area contributed by atoms with Crippen LogP contribution in [0.3, 0.4) is 0 Å². The number of amides is 1. The maximum absolute atomic E-state index is 12.7. The van der Waals surface area contributed by atoms with Crippen LogP contribution in [0.2, 0.25) is 5.15 Å². The molecule has 6 heteroatoms. The molecule has 0 spiro atoms. The SMILES string of the molecule is Cc1cccc2c1S(C)(=O)=NC(=O)[C@H]2c1cccc(Cl)n1. The number of pyridine rings is 1. The molecule has 4 nitrogen and oxygen atoms in total. The molecule has 0 fully saturated rings. The van der Waals surface area contributed by atoms with Gasteiger partial charge < -0.3 is 0 Å². The van der Waals surface area contributed by atoms with Crippen LogP contribution in [0.25, 0.3) is 0 Å². The summed E-state index contributed by atoms with van der Waals surface area (Å²) in [6, 6.07) is 10.7. The van der Waals surface area contributed by atoms with Crippen molar-refractivity contribution < 1.29 is 9.00 Å². The number of halogens is 1. The Morgan fingerprint density at radius 2 is 1.90 bits per heavy atom. The summed E-state index contributed by atoms with van der Waals surface area (Å²) in [5.74, 6) is -1.08. The summed E-state index contributed by atoms with van der Waals surface area (Å²) in [5.41, 5.74) is 2.10. The lowest BCUT2D eigenvalue weighted by molar-refractivity contribution is -0.118. The topological polar surface area (TPSA) is 59.4 Å². The van der Waals surface area contributed by atoms with Gasteiger partial charge in [0.2, 0.25) is 0 Å². The van der Waals surface area contributed by atoms with Crippen molar-refractivity contribution in [3.05, 3.63) is 58.4 Å². The number of aromatic nitrogens is 1. The van der Waals surface area contributed by atoms with Crippen molar-refractivity contribution in [1.82, 2.24) is 4.98 Å². The van der Waals surface area contributed by atoms with E-state index in [9.17, 15) is 9.00 Å². The van der Waals surface area contributed by atoms with Crippen LogP contribution < -0.4 is 0 Å². The molecule has 0 aliphatic carbocycles. The minimum atomic E-state index is -2.71. The first-order valence-corrected chi connectivity index (χ1v) is 8.68. The molecule has 0 saturated carbocycles. The summed E-state index contributed by atoms with van der Waals surface area (Å²) in [6.45, 7) is 1.87. The third-order valence-electron chi connectivity index (χ3n) is 3.48. The van der Waals surface area contributed by atoms with Crippen LogP contribution in [0.1, 0.15) is 22.7 Å². The van der Waals surface area contributed by atoms with Crippen LogP contribution in [-0.4, -0.2) is 21.4 Å². The molecule has 3 rings (SSSR count). The standard InChI is InChI=1S/C15H13ClN2O2S/c1-9-5-3-6-10-13(11-7-4-8-12(16)17-11)15(19)18-21(2,20)14(9)10/h3-8,13H,1-2H3/t13-,21?/m1/s1. The Balaban J connectivity index is 2.31. The molecule has 0 saturated heterocycles. The molecule has 2 heterocycles. The maximum atomic E-state index is 12.7. The third kappa shape index (κ3) is 2.36. The molecule has 1 unspecified atom stereocenters. The number of fused-ring (bicyclic) bond motifs is 1. The second-order valence-corrected chi connectivity index (χ2v) is 7.63. The Morgan fingerprint density at radius 3 is 2.62 bits per heavy atom. The molecule has 1 aliphatic heterocycles. The molecular formula is C15H13ClN2O2S. The van der Waals surface area contributed by atoms with E-state index in [0.29, 0.717) is 21.3 Å². The van der Waals surface area contributed by atoms with E-state index < -0.39 is 21.6 Å². The van der Waals surface area contributed by atoms with E-state index in [-0.39, 0.29) is 0 Å². The van der Waals surface area contributed by atoms with Crippen LogP contribution in [0.15, 0.2) is 45.7 Å². The summed E-state index contributed by atoms with van der Waals surface area (Å²) >= 11 is 5.92. The fraction of sp³-hybridized carbons (Fsp3) is 0.200. The Bertz CT molecular complexity index is 870. The van der Waals surface area contributed by atoms with Crippen molar-refractivity contribution in [2.45, 2.75) is 17.7 Å². The van der Waals surface area contributed by atoms with Gasteiger partial charge >= 0.3 is 0 Å². The predicted octanol–water partition coefficient (Wildman–Crippen LogP) is 3.17. The summed E-state index contributed by atoms with van der Waals surface area (Å²) in [4.78, 5) is 17.2. The summed E-state index contributed by atoms with van der Waals surface area (Å²) < 4.78 is 16.6. The summed E-state index contributed by atoms with van der Waals surface area (Å²) in [6.07, 6.45) is 1.50. The minimum Gasteiger partial charge on any atom is -0.271 e. The van der Waals surface area contributed by atoms with E-state index in [1.165, 1.54) is 6.26 Å². The number of benzene rings is 1. The van der Waals surface area contributed by atoms with Gasteiger partial charge in [-0.25, -0.2) is 9.19 Å². The van der Waals surface area contributed by atoms with Gasteiger partial charge in [0, 0.05) is 6.26 Å². The molecule has 2 atom stereocenters. The van der Waals surface area contributed by atoms with Gasteiger partial charge in [-0.2, -0.15) is 4.36 Å². The van der Waals surface area contributed by atoms with E-state index in [1.807, 2.05) is 25.1 Å². The first kappa shape index (κ1) is 14.2. The molecule has 0 radical (unpaired) electrons. The van der Waals surface area contributed by atoms with Crippen LogP contribution in [0.4, 0.5) is 0 Å². The van der Waals surface area contributed by atoms with Crippen LogP contribution >= 0.6 is 11.6 Å². The van der Waals surface area contributed by atoms with Gasteiger partial charge in [0.15, 0.2) is 0 Å². The van der Waals surface area contributed by atoms with Crippen molar-refractivity contribution >= 4 is 27.2 Å². The molecule has 1 amide bonds. The van der Waals surface area contributed by atoms with Gasteiger partial charge in [0.1, 0.15) is 11.1 Å². The van der Waals surface area contributed by atoms with Crippen molar-refractivity contribution in [3.8, 4) is 0 Å². The first-order valence-electron chi connectivity index (χ1n) is 6.38. The smallest absolute Gasteiger partial charge is 0.267 e. The fourth-order valence-electron chi connectivity index (χ4n) is 2.69. The zero-order valence-corrected chi connectivity index (χ0v) is 13.1. The highest BCUT2D eigenvalue weighted by Gasteiger charge is 2.34. The number of nitrogens with zero attached hydrogens (tertiary/aromatic N) is 2. The second-order valence-electron chi connectivity index (χ2n) is 5.04. The predicted molar refractivity (Wildman–Crippen MR) is 82.0 cm³/mol. The Labute approximate surface area is 128 Å². The quantitative estimate of drug-likeness (QED) is 0.758. The average molecular weight is 321 g/mol. The van der Waals surface area contributed by atoms with Crippen molar-refractivity contribution in [2.24, 2.45) is 4.36 Å². The lowest BCUT2D eigenvalue weighted by Gasteiger charge is -2.24. The van der Waals surface area contributed by atoms with Gasteiger partial charge in [0.25, 0.3) is 5.91 Å². The zero-order chi connectivity index (χ0) is 15.2. The van der Waals surface area contributed by atoms with E-state index in [2.05, 4.69) is 9.35 Å². The van der Waals surface area contributed by atoms with Crippen molar-refractivity contribution in [2.75, 3.05) is 6.26 Å². The van der Waals surface area contributed by atoms with Crippen molar-refractivity contribution in [1.29, 1.82) is 0 Å². The van der Waals surface area contributed by atoms with Gasteiger partial charge in [0.05, 0.1) is 20.3 Å². The Kier molecular flexibility index (Phi) is 3.34. The lowest BCUT2D eigenvalue weighted by Crippen LogP contribution is -2.23. The zero-order valence-electron chi connectivity index (χ0n) is 11.5. The van der Waals surface area contributed by atoms with Crippen LogP contribution in [-0.2, 0) is 14.5 Å². The van der Waals surface area contributed by atoms with E-state index in [0.717, 1.165) is 5.56 Å². The average Bonchev–Trinajstić information content (AvgIpc) is 2.37. The molecular weight excluding hydrogens is 308 g/mol. The molecule has 1 aromatic heterocycles. The molecule has 0 N–H and O–H groups in total. The third-order valence-corrected chi connectivity index (χ3v) is 5.53. The highest BCUT2D eigenvalue weighted by atomic mass is 35.5. The second kappa shape index (κ2) is 4.93. The highest BCUT2D eigenvalue weighted by Crippen LogP contribution is 2.37. The molecule has 108 valence electrons. The molecule has 1 aromatic carbocycles. The van der Waals surface area contributed by atoms with E-state index in [1.54, 1.807) is 18.2 Å². The number of carbonyl (C=O) groups is 1. The fourth-order valence-corrected chi connectivity index (χ4v) is 4.69. The van der Waals surface area contributed by atoms with Gasteiger partial charge in [-0.15, -0.1) is 0 Å². The molecule has 21 heavy (non-hydrogen) atoms. The van der Waals surface area contributed by atoms with Gasteiger partial charge in [-0.3, -0.25) is 4.79 Å². The number of carbonyl (C=O) groups excluding carboxylic acids is 1. The summed E-state index contributed by atoms with van der Waals surface area (Å²) in [7, 11) is -2.71. The largest absolute Gasteiger partial charge is 0.271 e. The monoisotopic (exact) mass is 320 g/mol. The van der Waals surface area contributed by atoms with E-state index in [4.69, 9.17) is 11.6 Å². The number of hydrogen-bond donors (Lipinski definition) is 0.